The summed E-state index contributed by atoms with van der Waals surface area (Å²) in [5.41, 5.74) is 7.16. The number of aryl methyl sites for hydroxylation is 2. The van der Waals surface area contributed by atoms with Gasteiger partial charge in [0.15, 0.2) is 0 Å². The summed E-state index contributed by atoms with van der Waals surface area (Å²) in [5, 5.41) is 30.5. The van der Waals surface area contributed by atoms with E-state index in [1.807, 2.05) is 92.7 Å². The molecule has 3 aromatic carbocycles. The fourth-order valence-electron chi connectivity index (χ4n) is 5.94. The van der Waals surface area contributed by atoms with Crippen molar-refractivity contribution in [2.75, 3.05) is 6.54 Å². The maximum absolute atomic E-state index is 12.7. The van der Waals surface area contributed by atoms with E-state index in [-0.39, 0.29) is 24.3 Å². The molecule has 5 N–H and O–H groups in total. The number of aliphatic hydroxyl groups is 2. The van der Waals surface area contributed by atoms with Crippen molar-refractivity contribution < 1.29 is 19.8 Å². The molecule has 2 heterocycles. The van der Waals surface area contributed by atoms with Gasteiger partial charge in [0.25, 0.3) is 5.91 Å². The van der Waals surface area contributed by atoms with E-state index >= 15 is 0 Å². The van der Waals surface area contributed by atoms with Crippen LogP contribution in [-0.2, 0) is 24.2 Å². The van der Waals surface area contributed by atoms with E-state index in [0.717, 1.165) is 51.4 Å². The highest BCUT2D eigenvalue weighted by molar-refractivity contribution is 5.94. The van der Waals surface area contributed by atoms with Crippen LogP contribution in [0.2, 0.25) is 0 Å². The van der Waals surface area contributed by atoms with Crippen LogP contribution in [0.3, 0.4) is 0 Å². The summed E-state index contributed by atoms with van der Waals surface area (Å²) < 4.78 is 2.08. The van der Waals surface area contributed by atoms with Gasteiger partial charge in [-0.15, -0.1) is 0 Å². The Kier molecular flexibility index (Phi) is 12.3. The smallest absolute Gasteiger partial charge is 0.251 e. The first-order valence-corrected chi connectivity index (χ1v) is 17.1. The van der Waals surface area contributed by atoms with E-state index < -0.39 is 18.2 Å². The van der Waals surface area contributed by atoms with Gasteiger partial charge in [0.2, 0.25) is 5.91 Å². The van der Waals surface area contributed by atoms with Crippen LogP contribution in [0.15, 0.2) is 109 Å². The van der Waals surface area contributed by atoms with Crippen molar-refractivity contribution in [3.8, 4) is 5.82 Å². The number of pyridine rings is 1. The van der Waals surface area contributed by atoms with Gasteiger partial charge in [-0.3, -0.25) is 9.59 Å². The Bertz CT molecular complexity index is 1820. The van der Waals surface area contributed by atoms with Gasteiger partial charge in [0.1, 0.15) is 5.82 Å². The standard InChI is InChI=1S/C41H47N5O4/c1-27(42-26-37(47)36-20-21-38(43-25-36)46-28(2)10-11-29(46)3)22-31-12-14-32(15-13-31)23-39(48)44-24-33-16-18-35(19-17-33)41(50)45-30(4)40(49)34-8-6-5-7-9-34/h5-21,25,27,30,37,40,42,47,49H,22-24,26H2,1-4H3,(H,44,48)(H,45,50)/t27?,30-,37+,40-/m1/s1. The van der Waals surface area contributed by atoms with Crippen LogP contribution in [0.1, 0.15) is 75.6 Å². The first-order chi connectivity index (χ1) is 24.1. The summed E-state index contributed by atoms with van der Waals surface area (Å²) in [7, 11) is 0. The zero-order valence-corrected chi connectivity index (χ0v) is 29.1. The number of hydrogen-bond donors (Lipinski definition) is 5. The summed E-state index contributed by atoms with van der Waals surface area (Å²) in [6, 6.07) is 32.0. The number of carbonyl (C=O) groups is 2. The van der Waals surface area contributed by atoms with Crippen molar-refractivity contribution in [2.45, 2.75) is 71.4 Å². The van der Waals surface area contributed by atoms with E-state index in [0.29, 0.717) is 18.7 Å². The number of aliphatic hydroxyl groups excluding tert-OH is 2. The predicted octanol–water partition coefficient (Wildman–Crippen LogP) is 5.45. The van der Waals surface area contributed by atoms with E-state index in [1.54, 1.807) is 25.3 Å². The summed E-state index contributed by atoms with van der Waals surface area (Å²) in [6.45, 7) is 8.71. The topological polar surface area (TPSA) is 129 Å². The second-order valence-electron chi connectivity index (χ2n) is 13.0. The third kappa shape index (κ3) is 9.75. The lowest BCUT2D eigenvalue weighted by Crippen LogP contribution is -2.37. The molecule has 0 fully saturated rings. The molecule has 0 aliphatic heterocycles. The third-order valence-electron chi connectivity index (χ3n) is 8.92. The van der Waals surface area contributed by atoms with Crippen molar-refractivity contribution in [3.05, 3.63) is 154 Å². The molecule has 4 atom stereocenters. The SMILES string of the molecule is Cc1ccc(C)n1-c1ccc([C@@H](O)CNC(C)Cc2ccc(CC(=O)NCc3ccc(C(=O)N[C@H](C)[C@@H](O)c4ccccc4)cc3)cc2)cn1. The van der Waals surface area contributed by atoms with Crippen molar-refractivity contribution in [3.63, 3.8) is 0 Å². The Morgan fingerprint density at radius 2 is 1.40 bits per heavy atom. The molecule has 0 aliphatic carbocycles. The molecule has 0 radical (unpaired) electrons. The molecule has 5 aromatic rings. The van der Waals surface area contributed by atoms with Crippen LogP contribution in [0, 0.1) is 13.8 Å². The molecule has 0 spiro atoms. The van der Waals surface area contributed by atoms with Crippen LogP contribution in [0.4, 0.5) is 0 Å². The van der Waals surface area contributed by atoms with Crippen LogP contribution in [0.25, 0.3) is 5.82 Å². The van der Waals surface area contributed by atoms with Crippen LogP contribution in [-0.4, -0.2) is 50.2 Å². The molecule has 2 amide bonds. The Morgan fingerprint density at radius 1 is 0.760 bits per heavy atom. The van der Waals surface area contributed by atoms with E-state index in [1.165, 1.54) is 0 Å². The van der Waals surface area contributed by atoms with Gasteiger partial charge >= 0.3 is 0 Å². The fourth-order valence-corrected chi connectivity index (χ4v) is 5.94. The molecular formula is C41H47N5O4. The summed E-state index contributed by atoms with van der Waals surface area (Å²) in [5.74, 6) is 0.476. The summed E-state index contributed by atoms with van der Waals surface area (Å²) in [4.78, 5) is 29.9. The number of nitrogens with one attached hydrogen (secondary N) is 3. The molecule has 5 rings (SSSR count). The highest BCUT2D eigenvalue weighted by atomic mass is 16.3. The van der Waals surface area contributed by atoms with Crippen LogP contribution >= 0.6 is 0 Å². The average molecular weight is 674 g/mol. The molecule has 1 unspecified atom stereocenters. The largest absolute Gasteiger partial charge is 0.387 e. The molecule has 9 nitrogen and oxygen atoms in total. The lowest BCUT2D eigenvalue weighted by molar-refractivity contribution is -0.120. The number of amides is 2. The molecule has 9 heteroatoms. The van der Waals surface area contributed by atoms with E-state index in [9.17, 15) is 19.8 Å². The molecule has 0 saturated carbocycles. The second kappa shape index (κ2) is 17.0. The number of carbonyl (C=O) groups excluding carboxylic acids is 2. The Hall–Kier alpha value is -5.09. The number of aromatic nitrogens is 2. The number of benzene rings is 3. The van der Waals surface area contributed by atoms with Crippen molar-refractivity contribution in [1.29, 1.82) is 0 Å². The summed E-state index contributed by atoms with van der Waals surface area (Å²) >= 11 is 0. The molecule has 2 aromatic heterocycles. The fraction of sp³-hybridized carbons (Fsp3) is 0.293. The average Bonchev–Trinajstić information content (AvgIpc) is 3.47. The molecular weight excluding hydrogens is 626 g/mol. The van der Waals surface area contributed by atoms with Crippen LogP contribution < -0.4 is 16.0 Å². The monoisotopic (exact) mass is 673 g/mol. The Balaban J connectivity index is 1.01. The van der Waals surface area contributed by atoms with Gasteiger partial charge in [-0.2, -0.15) is 0 Å². The third-order valence-corrected chi connectivity index (χ3v) is 8.92. The first kappa shape index (κ1) is 36.2. The van der Waals surface area contributed by atoms with Gasteiger partial charge < -0.3 is 30.7 Å². The van der Waals surface area contributed by atoms with Crippen molar-refractivity contribution in [2.24, 2.45) is 0 Å². The Labute approximate surface area is 294 Å². The lowest BCUT2D eigenvalue weighted by Gasteiger charge is -2.20. The van der Waals surface area contributed by atoms with Gasteiger partial charge in [-0.05, 0) is 86.7 Å². The number of nitrogens with zero attached hydrogens (tertiary/aromatic N) is 2. The minimum absolute atomic E-state index is 0.0894. The second-order valence-corrected chi connectivity index (χ2v) is 13.0. The van der Waals surface area contributed by atoms with E-state index in [4.69, 9.17) is 0 Å². The van der Waals surface area contributed by atoms with Crippen molar-refractivity contribution >= 4 is 11.8 Å². The number of hydrogen-bond acceptors (Lipinski definition) is 6. The molecule has 260 valence electrons. The summed E-state index contributed by atoms with van der Waals surface area (Å²) in [6.07, 6.45) is 1.30. The molecule has 0 aliphatic rings. The van der Waals surface area contributed by atoms with Gasteiger partial charge in [0.05, 0.1) is 24.7 Å². The predicted molar refractivity (Wildman–Crippen MR) is 196 cm³/mol. The quantitative estimate of drug-likeness (QED) is 0.101. The van der Waals surface area contributed by atoms with Gasteiger partial charge in [-0.25, -0.2) is 4.98 Å². The molecule has 0 saturated heterocycles. The van der Waals surface area contributed by atoms with E-state index in [2.05, 4.69) is 44.6 Å². The zero-order valence-electron chi connectivity index (χ0n) is 29.1. The maximum atomic E-state index is 12.7. The lowest BCUT2D eigenvalue weighted by atomic mass is 10.0. The number of rotatable bonds is 15. The maximum Gasteiger partial charge on any atom is 0.251 e. The molecule has 0 bridgehead atoms. The zero-order chi connectivity index (χ0) is 35.6. The minimum Gasteiger partial charge on any atom is -0.387 e. The highest BCUT2D eigenvalue weighted by Gasteiger charge is 2.19. The van der Waals surface area contributed by atoms with Crippen LogP contribution in [0.5, 0.6) is 0 Å². The minimum atomic E-state index is -0.811. The Morgan fingerprint density at radius 3 is 2.04 bits per heavy atom. The van der Waals surface area contributed by atoms with Gasteiger partial charge in [0, 0.05) is 47.8 Å². The molecule has 50 heavy (non-hydrogen) atoms. The van der Waals surface area contributed by atoms with Crippen molar-refractivity contribution in [1.82, 2.24) is 25.5 Å². The highest BCUT2D eigenvalue weighted by Crippen LogP contribution is 2.19. The first-order valence-electron chi connectivity index (χ1n) is 17.1. The van der Waals surface area contributed by atoms with Gasteiger partial charge in [-0.1, -0.05) is 72.8 Å². The normalized spacial score (nSPS) is 13.6.